The van der Waals surface area contributed by atoms with Crippen molar-refractivity contribution in [3.8, 4) is 0 Å². The van der Waals surface area contributed by atoms with Gasteiger partial charge in [-0.05, 0) is 139 Å². The van der Waals surface area contributed by atoms with Crippen molar-refractivity contribution in [1.82, 2.24) is 10.2 Å². The first kappa shape index (κ1) is 57.9. The van der Waals surface area contributed by atoms with Crippen molar-refractivity contribution in [2.24, 2.45) is 47.3 Å². The van der Waals surface area contributed by atoms with E-state index in [0.717, 1.165) is 50.8 Å². The van der Waals surface area contributed by atoms with Crippen LogP contribution in [0.2, 0.25) is 0 Å². The third-order valence-electron chi connectivity index (χ3n) is 17.2. The summed E-state index contributed by atoms with van der Waals surface area (Å²) in [6, 6.07) is -1.11. The zero-order valence-electron chi connectivity index (χ0n) is 44.8. The molecule has 0 spiro atoms. The third kappa shape index (κ3) is 14.3. The Balaban J connectivity index is 1.29. The molecule has 1 amide bonds. The Morgan fingerprint density at radius 2 is 1.57 bits per heavy atom. The number of ether oxygens (including phenoxy) is 6. The molecular weight excluding hydrogens is 921 g/mol. The van der Waals surface area contributed by atoms with Crippen LogP contribution in [0.15, 0.2) is 47.6 Å². The van der Waals surface area contributed by atoms with Gasteiger partial charge in [-0.2, -0.15) is 0 Å². The number of allylic oxidation sites excluding steroid dienone is 6. The molecule has 3 N–H and O–H groups in total. The summed E-state index contributed by atoms with van der Waals surface area (Å²) in [7, 11) is 4.71. The van der Waals surface area contributed by atoms with Crippen LogP contribution in [-0.4, -0.2) is 146 Å². The van der Waals surface area contributed by atoms with E-state index < -0.39 is 83.7 Å². The minimum Gasteiger partial charge on any atom is -0.460 e. The average Bonchev–Trinajstić information content (AvgIpc) is 3.37. The van der Waals surface area contributed by atoms with Gasteiger partial charge in [0.05, 0.1) is 24.4 Å². The van der Waals surface area contributed by atoms with Crippen LogP contribution in [0, 0.1) is 47.3 Å². The van der Waals surface area contributed by atoms with Gasteiger partial charge in [-0.3, -0.25) is 19.2 Å². The highest BCUT2D eigenvalue weighted by atomic mass is 16.6. The summed E-state index contributed by atoms with van der Waals surface area (Å²) in [6.07, 6.45) is 15.8. The van der Waals surface area contributed by atoms with Gasteiger partial charge in [0.15, 0.2) is 5.78 Å². The number of piperidine rings is 2. The number of aliphatic hydroxyl groups is 2. The van der Waals surface area contributed by atoms with Crippen LogP contribution in [0.25, 0.3) is 0 Å². The highest BCUT2D eigenvalue weighted by molar-refractivity contribution is 6.39. The van der Waals surface area contributed by atoms with Crippen molar-refractivity contribution in [2.75, 3.05) is 47.6 Å². The van der Waals surface area contributed by atoms with E-state index in [1.54, 1.807) is 41.1 Å². The summed E-state index contributed by atoms with van der Waals surface area (Å²) in [5.41, 5.74) is 1.30. The lowest BCUT2D eigenvalue weighted by atomic mass is 9.68. The fraction of sp³-hybridized carbons (Fsp3) is 0.772. The van der Waals surface area contributed by atoms with Crippen LogP contribution in [0.5, 0.6) is 0 Å². The predicted octanol–water partition coefficient (Wildman–Crippen LogP) is 6.81. The fourth-order valence-corrected chi connectivity index (χ4v) is 12.7. The predicted molar refractivity (Wildman–Crippen MR) is 272 cm³/mol. The molecule has 6 bridgehead atoms. The summed E-state index contributed by atoms with van der Waals surface area (Å²) in [6.45, 7) is 13.8. The molecule has 0 aromatic heterocycles. The molecular formula is C57H88N2O13. The number of carbonyl (C=O) groups excluding carboxylic acids is 5. The van der Waals surface area contributed by atoms with E-state index in [1.165, 1.54) is 12.0 Å². The molecule has 5 heterocycles. The molecule has 1 saturated carbocycles. The molecule has 6 aliphatic rings. The Kier molecular flexibility index (Phi) is 21.6. The molecule has 5 fully saturated rings. The second-order valence-electron chi connectivity index (χ2n) is 22.3. The van der Waals surface area contributed by atoms with Gasteiger partial charge in [0, 0.05) is 71.0 Å². The van der Waals surface area contributed by atoms with Crippen molar-refractivity contribution in [3.05, 3.63) is 47.6 Å². The molecule has 404 valence electrons. The van der Waals surface area contributed by atoms with Crippen LogP contribution in [0.4, 0.5) is 0 Å². The minimum atomic E-state index is -2.43. The lowest BCUT2D eigenvalue weighted by Crippen LogP contribution is -2.65. The Bertz CT molecular complexity index is 1980. The Hall–Kier alpha value is -3.41. The van der Waals surface area contributed by atoms with Crippen molar-refractivity contribution in [3.63, 3.8) is 0 Å². The summed E-state index contributed by atoms with van der Waals surface area (Å²) < 4.78 is 36.6. The Morgan fingerprint density at radius 3 is 2.28 bits per heavy atom. The van der Waals surface area contributed by atoms with Gasteiger partial charge in [0.25, 0.3) is 11.7 Å². The number of ketones is 3. The number of nitrogens with one attached hydrogen (secondary N) is 1. The number of hydrogen-bond acceptors (Lipinski definition) is 14. The van der Waals surface area contributed by atoms with E-state index in [4.69, 9.17) is 28.4 Å². The molecule has 1 unspecified atom stereocenters. The van der Waals surface area contributed by atoms with Gasteiger partial charge in [0.1, 0.15) is 30.1 Å². The molecule has 15 nitrogen and oxygen atoms in total. The first-order chi connectivity index (χ1) is 34.4. The molecule has 0 aromatic carbocycles. The number of fused-ring (bicyclic) bond motifs is 3. The number of carbonyl (C=O) groups is 5. The number of hydrogen-bond donors (Lipinski definition) is 3. The standard InChI is InChI=1S/C57H88N2O13/c1-34-14-11-10-12-15-35(2)47(67-7)32-42-19-17-39(6)57(66,72-42)54(63)55(64)59-26-13-16-43-44(30-41-18-20-46(49(31-41)68-8)70-27-23-40-21-24-58-25-22-40)48(71-56(65)50(43)59)33-45(60)36(3)29-38(5)52(62)53(69-9)51(61)37(4)28-34/h10-12,14-15,29,34,36-37,39-44,46-50,52-53,58,62,66H,13,16-28,30-33H2,1-9H3/b12-10+,14-11+,35-15?,38-29+/t34-,36-,37-,39-,41+,42+,43?,44+,46-,47+,48+,49-,50+,52-,53+,57-/m1/s1. The van der Waals surface area contributed by atoms with E-state index in [2.05, 4.69) is 5.32 Å². The number of nitrogens with zero attached hydrogens (tertiary/aromatic N) is 1. The smallest absolute Gasteiger partial charge is 0.329 e. The van der Waals surface area contributed by atoms with Gasteiger partial charge in [0.2, 0.25) is 5.79 Å². The average molecular weight is 1010 g/mol. The number of rotatable bonds is 9. The van der Waals surface area contributed by atoms with Crippen molar-refractivity contribution in [2.45, 2.75) is 186 Å². The zero-order chi connectivity index (χ0) is 52.3. The number of methoxy groups -OCH3 is 3. The van der Waals surface area contributed by atoms with E-state index >= 15 is 0 Å². The molecule has 1 aliphatic carbocycles. The van der Waals surface area contributed by atoms with Gasteiger partial charge < -0.3 is 48.9 Å². The zero-order valence-corrected chi connectivity index (χ0v) is 44.8. The van der Waals surface area contributed by atoms with Gasteiger partial charge in [-0.25, -0.2) is 4.79 Å². The topological polar surface area (TPSA) is 196 Å². The summed E-state index contributed by atoms with van der Waals surface area (Å²) in [5.74, 6) is -7.50. The first-order valence-corrected chi connectivity index (χ1v) is 27.2. The maximum Gasteiger partial charge on any atom is 0.329 e. The highest BCUT2D eigenvalue weighted by Crippen LogP contribution is 2.46. The van der Waals surface area contributed by atoms with E-state index in [1.807, 2.05) is 51.2 Å². The Morgan fingerprint density at radius 1 is 0.819 bits per heavy atom. The minimum absolute atomic E-state index is 0.0262. The molecule has 0 radical (unpaired) electrons. The lowest BCUT2D eigenvalue weighted by molar-refractivity contribution is -0.266. The number of aliphatic hydroxyl groups excluding tert-OH is 1. The fourth-order valence-electron chi connectivity index (χ4n) is 12.7. The highest BCUT2D eigenvalue weighted by Gasteiger charge is 2.57. The van der Waals surface area contributed by atoms with Crippen molar-refractivity contribution >= 4 is 29.2 Å². The molecule has 5 aliphatic heterocycles. The van der Waals surface area contributed by atoms with Crippen molar-refractivity contribution in [1.29, 1.82) is 0 Å². The Labute approximate surface area is 429 Å². The second-order valence-corrected chi connectivity index (χ2v) is 22.3. The largest absolute Gasteiger partial charge is 0.460 e. The van der Waals surface area contributed by atoms with Gasteiger partial charge in [-0.15, -0.1) is 0 Å². The van der Waals surface area contributed by atoms with E-state index in [-0.39, 0.29) is 54.5 Å². The number of Topliss-reactive ketones (excluding diaryl/α,β-unsaturated/α-hetero) is 3. The van der Waals surface area contributed by atoms with Gasteiger partial charge >= 0.3 is 5.97 Å². The normalized spacial score (nSPS) is 40.5. The number of amides is 1. The molecule has 0 aromatic rings. The monoisotopic (exact) mass is 1010 g/mol. The third-order valence-corrected chi connectivity index (χ3v) is 17.2. The summed E-state index contributed by atoms with van der Waals surface area (Å²) >= 11 is 0. The van der Waals surface area contributed by atoms with Crippen molar-refractivity contribution < 1.29 is 62.6 Å². The summed E-state index contributed by atoms with van der Waals surface area (Å²) in [5, 5.41) is 27.1. The van der Waals surface area contributed by atoms with Gasteiger partial charge in [-0.1, -0.05) is 64.2 Å². The molecule has 72 heavy (non-hydrogen) atoms. The van der Waals surface area contributed by atoms with Crippen LogP contribution >= 0.6 is 0 Å². The maximum atomic E-state index is 14.6. The molecule has 6 rings (SSSR count). The molecule has 16 atom stereocenters. The van der Waals surface area contributed by atoms with Crippen LogP contribution in [0.3, 0.4) is 0 Å². The van der Waals surface area contributed by atoms with E-state index in [0.29, 0.717) is 69.5 Å². The molecule has 4 saturated heterocycles. The quantitative estimate of drug-likeness (QED) is 0.124. The van der Waals surface area contributed by atoms with E-state index in [9.17, 15) is 34.2 Å². The first-order valence-electron chi connectivity index (χ1n) is 27.2. The maximum absolute atomic E-state index is 14.6. The van der Waals surface area contributed by atoms with Crippen LogP contribution in [0.1, 0.15) is 131 Å². The lowest BCUT2D eigenvalue weighted by Gasteiger charge is -2.50. The SMILES string of the molecule is CO[C@H]1C[C@@H]2CC[C@@H](C)[C@@](O)(O2)C(=O)C(=O)N2CCCC3[C@H]2C(=O)O[C@@H](CC(=O)[C@H](C)/C=C(\C)[C@@H](O)[C@@H](OC)C(=O)[C@H](C)C[C@H](C)/C=C/C=C/C=C1C)[C@H]3C[C@@H]1CC[C@@H](OCCC2CCNCC2)[C@H](OC)C1. The van der Waals surface area contributed by atoms with Crippen LogP contribution < -0.4 is 5.32 Å². The van der Waals surface area contributed by atoms with Crippen LogP contribution in [-0.2, 0) is 52.4 Å². The number of esters is 1. The molecule has 15 heteroatoms. The summed E-state index contributed by atoms with van der Waals surface area (Å²) in [4.78, 5) is 73.0. The second kappa shape index (κ2) is 26.9.